The summed E-state index contributed by atoms with van der Waals surface area (Å²) in [6, 6.07) is 0.114. The van der Waals surface area contributed by atoms with E-state index in [0.29, 0.717) is 0 Å². The molecule has 1 heterocycles. The Morgan fingerprint density at radius 2 is 2.12 bits per heavy atom. The Labute approximate surface area is 99.3 Å². The molecule has 1 N–H and O–H groups in total. The molecule has 0 aliphatic carbocycles. The van der Waals surface area contributed by atoms with Gasteiger partial charge in [-0.05, 0) is 20.3 Å². The summed E-state index contributed by atoms with van der Waals surface area (Å²) < 4.78 is 22.5. The SMILES string of the molecule is CCC1(C)CN(C(C)CS(C)(=O)=O)CCN1. The van der Waals surface area contributed by atoms with Crippen molar-refractivity contribution in [3.63, 3.8) is 0 Å². The van der Waals surface area contributed by atoms with E-state index in [-0.39, 0.29) is 17.3 Å². The molecule has 0 saturated carbocycles. The lowest BCUT2D eigenvalue weighted by Gasteiger charge is -2.43. The number of nitrogens with zero attached hydrogens (tertiary/aromatic N) is 1. The van der Waals surface area contributed by atoms with Gasteiger partial charge in [0, 0.05) is 37.5 Å². The zero-order chi connectivity index (χ0) is 12.4. The topological polar surface area (TPSA) is 49.4 Å². The van der Waals surface area contributed by atoms with Crippen LogP contribution in [0.25, 0.3) is 0 Å². The molecule has 0 amide bonds. The quantitative estimate of drug-likeness (QED) is 0.787. The highest BCUT2D eigenvalue weighted by molar-refractivity contribution is 7.90. The molecule has 0 bridgehead atoms. The second-order valence-electron chi connectivity index (χ2n) is 5.25. The van der Waals surface area contributed by atoms with Gasteiger partial charge in [0.25, 0.3) is 0 Å². The maximum Gasteiger partial charge on any atom is 0.148 e. The van der Waals surface area contributed by atoms with Crippen molar-refractivity contribution >= 4 is 9.84 Å². The predicted octanol–water partition coefficient (Wildman–Crippen LogP) is 0.493. The number of nitrogens with one attached hydrogen (secondary N) is 1. The summed E-state index contributed by atoms with van der Waals surface area (Å²) >= 11 is 0. The van der Waals surface area contributed by atoms with Crippen LogP contribution >= 0.6 is 0 Å². The minimum absolute atomic E-state index is 0.114. The van der Waals surface area contributed by atoms with Crippen molar-refractivity contribution in [2.45, 2.75) is 38.8 Å². The first-order valence-electron chi connectivity index (χ1n) is 5.92. The normalized spacial score (nSPS) is 30.2. The number of rotatable bonds is 4. The van der Waals surface area contributed by atoms with Crippen LogP contribution < -0.4 is 5.32 Å². The first-order chi connectivity index (χ1) is 7.26. The summed E-state index contributed by atoms with van der Waals surface area (Å²) in [5, 5.41) is 3.50. The zero-order valence-electron chi connectivity index (χ0n) is 10.8. The van der Waals surface area contributed by atoms with E-state index < -0.39 is 9.84 Å². The van der Waals surface area contributed by atoms with E-state index in [1.807, 2.05) is 6.92 Å². The van der Waals surface area contributed by atoms with Crippen LogP contribution in [0, 0.1) is 0 Å². The Balaban J connectivity index is 2.60. The summed E-state index contributed by atoms with van der Waals surface area (Å²) in [5.41, 5.74) is 0.129. The molecule has 2 unspecified atom stereocenters. The molecule has 1 fully saturated rings. The molecule has 0 spiro atoms. The van der Waals surface area contributed by atoms with Gasteiger partial charge in [0.05, 0.1) is 5.75 Å². The third kappa shape index (κ3) is 4.03. The van der Waals surface area contributed by atoms with Crippen LogP contribution in [0.1, 0.15) is 27.2 Å². The molecular weight excluding hydrogens is 224 g/mol. The molecule has 0 aromatic carbocycles. The van der Waals surface area contributed by atoms with Crippen molar-refractivity contribution in [3.8, 4) is 0 Å². The monoisotopic (exact) mass is 248 g/mol. The molecule has 16 heavy (non-hydrogen) atoms. The van der Waals surface area contributed by atoms with Gasteiger partial charge in [-0.1, -0.05) is 6.92 Å². The summed E-state index contributed by atoms with van der Waals surface area (Å²) in [6.45, 7) is 9.18. The van der Waals surface area contributed by atoms with Crippen LogP contribution in [-0.2, 0) is 9.84 Å². The van der Waals surface area contributed by atoms with Gasteiger partial charge >= 0.3 is 0 Å². The fraction of sp³-hybridized carbons (Fsp3) is 1.00. The average Bonchev–Trinajstić information content (AvgIpc) is 2.15. The van der Waals surface area contributed by atoms with E-state index >= 15 is 0 Å². The second kappa shape index (κ2) is 5.02. The lowest BCUT2D eigenvalue weighted by Crippen LogP contribution is -2.60. The van der Waals surface area contributed by atoms with E-state index in [9.17, 15) is 8.42 Å². The summed E-state index contributed by atoms with van der Waals surface area (Å²) in [7, 11) is -2.88. The highest BCUT2D eigenvalue weighted by Gasteiger charge is 2.31. The Hall–Kier alpha value is -0.130. The van der Waals surface area contributed by atoms with E-state index in [2.05, 4.69) is 24.1 Å². The summed E-state index contributed by atoms with van der Waals surface area (Å²) in [5.74, 6) is 0.257. The number of sulfone groups is 1. The molecule has 0 aromatic heterocycles. The van der Waals surface area contributed by atoms with Gasteiger partial charge in [-0.15, -0.1) is 0 Å². The fourth-order valence-corrected chi connectivity index (χ4v) is 3.33. The number of hydrogen-bond acceptors (Lipinski definition) is 4. The molecule has 0 aromatic rings. The van der Waals surface area contributed by atoms with Crippen LogP contribution in [0.2, 0.25) is 0 Å². The molecule has 1 aliphatic rings. The molecule has 4 nitrogen and oxygen atoms in total. The standard InChI is InChI=1S/C11H24N2O2S/c1-5-11(3)9-13(7-6-12-11)10(2)8-16(4,14)15/h10,12H,5-9H2,1-4H3. The van der Waals surface area contributed by atoms with E-state index in [1.165, 1.54) is 6.26 Å². The predicted molar refractivity (Wildman–Crippen MR) is 67.4 cm³/mol. The van der Waals surface area contributed by atoms with Gasteiger partial charge < -0.3 is 5.32 Å². The first kappa shape index (κ1) is 13.9. The van der Waals surface area contributed by atoms with Crippen LogP contribution in [0.4, 0.5) is 0 Å². The maximum absolute atomic E-state index is 11.3. The number of piperazine rings is 1. The van der Waals surface area contributed by atoms with Gasteiger partial charge in [0.15, 0.2) is 0 Å². The van der Waals surface area contributed by atoms with E-state index in [1.54, 1.807) is 0 Å². The third-order valence-corrected chi connectivity index (χ3v) is 4.54. The lowest BCUT2D eigenvalue weighted by molar-refractivity contribution is 0.113. The molecule has 5 heteroatoms. The van der Waals surface area contributed by atoms with Gasteiger partial charge in [0.1, 0.15) is 9.84 Å². The Bertz CT molecular complexity index is 329. The highest BCUT2D eigenvalue weighted by Crippen LogP contribution is 2.17. The van der Waals surface area contributed by atoms with Crippen molar-refractivity contribution in [3.05, 3.63) is 0 Å². The fourth-order valence-electron chi connectivity index (χ4n) is 2.24. The maximum atomic E-state index is 11.3. The molecular formula is C11H24N2O2S. The highest BCUT2D eigenvalue weighted by atomic mass is 32.2. The molecule has 0 radical (unpaired) electrons. The molecule has 96 valence electrons. The molecule has 1 saturated heterocycles. The van der Waals surface area contributed by atoms with E-state index in [0.717, 1.165) is 26.1 Å². The molecule has 1 rings (SSSR count). The Morgan fingerprint density at radius 3 is 2.62 bits per heavy atom. The van der Waals surface area contributed by atoms with Crippen LogP contribution in [0.5, 0.6) is 0 Å². The summed E-state index contributed by atoms with van der Waals surface area (Å²) in [6.07, 6.45) is 2.37. The zero-order valence-corrected chi connectivity index (χ0v) is 11.6. The van der Waals surface area contributed by atoms with Crippen molar-refractivity contribution < 1.29 is 8.42 Å². The average molecular weight is 248 g/mol. The van der Waals surface area contributed by atoms with Gasteiger partial charge in [0.2, 0.25) is 0 Å². The Morgan fingerprint density at radius 1 is 1.50 bits per heavy atom. The first-order valence-corrected chi connectivity index (χ1v) is 7.98. The van der Waals surface area contributed by atoms with Crippen LogP contribution in [0.3, 0.4) is 0 Å². The third-order valence-electron chi connectivity index (χ3n) is 3.45. The van der Waals surface area contributed by atoms with E-state index in [4.69, 9.17) is 0 Å². The minimum atomic E-state index is -2.88. The van der Waals surface area contributed by atoms with Gasteiger partial charge in [-0.3, -0.25) is 4.90 Å². The van der Waals surface area contributed by atoms with Crippen LogP contribution in [-0.4, -0.2) is 56.5 Å². The minimum Gasteiger partial charge on any atom is -0.309 e. The van der Waals surface area contributed by atoms with Crippen molar-refractivity contribution in [2.75, 3.05) is 31.6 Å². The molecule has 1 aliphatic heterocycles. The molecule has 2 atom stereocenters. The lowest BCUT2D eigenvalue weighted by atomic mass is 9.95. The smallest absolute Gasteiger partial charge is 0.148 e. The van der Waals surface area contributed by atoms with Crippen molar-refractivity contribution in [1.82, 2.24) is 10.2 Å². The Kier molecular flexibility index (Phi) is 4.37. The second-order valence-corrected chi connectivity index (χ2v) is 7.44. The number of hydrogen-bond donors (Lipinski definition) is 1. The van der Waals surface area contributed by atoms with Crippen LogP contribution in [0.15, 0.2) is 0 Å². The van der Waals surface area contributed by atoms with Gasteiger partial charge in [-0.25, -0.2) is 8.42 Å². The van der Waals surface area contributed by atoms with Gasteiger partial charge in [-0.2, -0.15) is 0 Å². The van der Waals surface area contributed by atoms with Crippen molar-refractivity contribution in [2.24, 2.45) is 0 Å². The largest absolute Gasteiger partial charge is 0.309 e. The summed E-state index contributed by atoms with van der Waals surface area (Å²) in [4.78, 5) is 2.28. The van der Waals surface area contributed by atoms with Crippen molar-refractivity contribution in [1.29, 1.82) is 0 Å².